The van der Waals surface area contributed by atoms with E-state index in [1.165, 1.54) is 7.11 Å². The molecule has 0 aliphatic carbocycles. The molecule has 3 amide bonds. The standard InChI is InChI=1S/C21H25N3O5/c1-4-29-17-8-6-16(7-9-17)24-13-15(12-20(24)25)23-21(26)22-14-5-10-18(27-2)19(11-14)28-3/h5-11,15H,4,12-13H2,1-3H3,(H2,22,23,26)/t15-/m1/s1. The van der Waals surface area contributed by atoms with E-state index < -0.39 is 0 Å². The lowest BCUT2D eigenvalue weighted by Crippen LogP contribution is -2.39. The molecule has 1 fully saturated rings. The molecule has 2 aromatic carbocycles. The zero-order valence-electron chi connectivity index (χ0n) is 16.7. The quantitative estimate of drug-likeness (QED) is 0.747. The van der Waals surface area contributed by atoms with Gasteiger partial charge in [0.15, 0.2) is 11.5 Å². The number of carbonyl (C=O) groups excluding carboxylic acids is 2. The van der Waals surface area contributed by atoms with Gasteiger partial charge in [0.1, 0.15) is 5.75 Å². The normalized spacial score (nSPS) is 15.8. The summed E-state index contributed by atoms with van der Waals surface area (Å²) < 4.78 is 15.8. The van der Waals surface area contributed by atoms with Crippen LogP contribution < -0.4 is 29.7 Å². The summed E-state index contributed by atoms with van der Waals surface area (Å²) in [7, 11) is 3.08. The van der Waals surface area contributed by atoms with Gasteiger partial charge in [-0.1, -0.05) is 0 Å². The Morgan fingerprint density at radius 1 is 1.10 bits per heavy atom. The van der Waals surface area contributed by atoms with E-state index in [1.54, 1.807) is 30.2 Å². The van der Waals surface area contributed by atoms with E-state index in [0.717, 1.165) is 11.4 Å². The van der Waals surface area contributed by atoms with Crippen molar-refractivity contribution < 1.29 is 23.8 Å². The lowest BCUT2D eigenvalue weighted by Gasteiger charge is -2.18. The maximum Gasteiger partial charge on any atom is 0.319 e. The first-order valence-electron chi connectivity index (χ1n) is 9.36. The van der Waals surface area contributed by atoms with Gasteiger partial charge in [0.2, 0.25) is 5.91 Å². The number of nitrogens with one attached hydrogen (secondary N) is 2. The number of hydrogen-bond acceptors (Lipinski definition) is 5. The van der Waals surface area contributed by atoms with E-state index in [-0.39, 0.29) is 24.4 Å². The van der Waals surface area contributed by atoms with Gasteiger partial charge in [-0.15, -0.1) is 0 Å². The van der Waals surface area contributed by atoms with Crippen molar-refractivity contribution in [1.82, 2.24) is 5.32 Å². The van der Waals surface area contributed by atoms with E-state index in [1.807, 2.05) is 31.2 Å². The minimum absolute atomic E-state index is 0.0365. The Morgan fingerprint density at radius 2 is 1.83 bits per heavy atom. The van der Waals surface area contributed by atoms with Crippen molar-refractivity contribution in [1.29, 1.82) is 0 Å². The van der Waals surface area contributed by atoms with Crippen molar-refractivity contribution in [3.63, 3.8) is 0 Å². The lowest BCUT2D eigenvalue weighted by atomic mass is 10.2. The summed E-state index contributed by atoms with van der Waals surface area (Å²) in [5.74, 6) is 1.81. The molecule has 8 nitrogen and oxygen atoms in total. The maximum absolute atomic E-state index is 12.4. The molecule has 2 N–H and O–H groups in total. The van der Waals surface area contributed by atoms with Crippen molar-refractivity contribution in [2.75, 3.05) is 37.6 Å². The second kappa shape index (κ2) is 9.18. The molecule has 3 rings (SSSR count). The lowest BCUT2D eigenvalue weighted by molar-refractivity contribution is -0.117. The minimum Gasteiger partial charge on any atom is -0.494 e. The van der Waals surface area contributed by atoms with Gasteiger partial charge in [-0.2, -0.15) is 0 Å². The Morgan fingerprint density at radius 3 is 2.48 bits per heavy atom. The van der Waals surface area contributed by atoms with Crippen LogP contribution >= 0.6 is 0 Å². The van der Waals surface area contributed by atoms with Crippen LogP contribution in [0.1, 0.15) is 13.3 Å². The van der Waals surface area contributed by atoms with Crippen LogP contribution in [-0.2, 0) is 4.79 Å². The largest absolute Gasteiger partial charge is 0.494 e. The van der Waals surface area contributed by atoms with Crippen LogP contribution in [0.25, 0.3) is 0 Å². The zero-order valence-corrected chi connectivity index (χ0v) is 16.7. The number of nitrogens with zero attached hydrogens (tertiary/aromatic N) is 1. The van der Waals surface area contributed by atoms with Crippen LogP contribution in [0, 0.1) is 0 Å². The second-order valence-corrected chi connectivity index (χ2v) is 6.50. The van der Waals surface area contributed by atoms with Gasteiger partial charge in [0.25, 0.3) is 0 Å². The van der Waals surface area contributed by atoms with Crippen molar-refractivity contribution >= 4 is 23.3 Å². The van der Waals surface area contributed by atoms with Gasteiger partial charge in [0.05, 0.1) is 26.9 Å². The summed E-state index contributed by atoms with van der Waals surface area (Å²) in [5, 5.41) is 5.60. The van der Waals surface area contributed by atoms with Crippen LogP contribution in [-0.4, -0.2) is 45.4 Å². The molecule has 0 saturated carbocycles. The molecule has 1 saturated heterocycles. The molecular formula is C21H25N3O5. The second-order valence-electron chi connectivity index (χ2n) is 6.50. The number of amides is 3. The van der Waals surface area contributed by atoms with Crippen molar-refractivity contribution in [2.24, 2.45) is 0 Å². The summed E-state index contributed by atoms with van der Waals surface area (Å²) in [6.07, 6.45) is 0.243. The molecule has 29 heavy (non-hydrogen) atoms. The maximum atomic E-state index is 12.4. The Balaban J connectivity index is 1.58. The highest BCUT2D eigenvalue weighted by atomic mass is 16.5. The van der Waals surface area contributed by atoms with Crippen LogP contribution in [0.15, 0.2) is 42.5 Å². The Hall–Kier alpha value is -3.42. The summed E-state index contributed by atoms with van der Waals surface area (Å²) >= 11 is 0. The Labute approximate surface area is 169 Å². The number of urea groups is 1. The Kier molecular flexibility index (Phi) is 6.43. The molecule has 0 bridgehead atoms. The molecule has 1 atom stereocenters. The van der Waals surface area contributed by atoms with Crippen molar-refractivity contribution in [3.05, 3.63) is 42.5 Å². The van der Waals surface area contributed by atoms with Gasteiger partial charge in [0, 0.05) is 30.4 Å². The molecule has 0 radical (unpaired) electrons. The van der Waals surface area contributed by atoms with Gasteiger partial charge in [-0.25, -0.2) is 4.79 Å². The topological polar surface area (TPSA) is 89.1 Å². The van der Waals surface area contributed by atoms with E-state index in [4.69, 9.17) is 14.2 Å². The number of methoxy groups -OCH3 is 2. The summed E-state index contributed by atoms with van der Waals surface area (Å²) in [5.41, 5.74) is 1.34. The zero-order chi connectivity index (χ0) is 20.8. The third-order valence-corrected chi connectivity index (χ3v) is 4.56. The predicted octanol–water partition coefficient (Wildman–Crippen LogP) is 3.03. The predicted molar refractivity (Wildman–Crippen MR) is 110 cm³/mol. The monoisotopic (exact) mass is 399 g/mol. The average Bonchev–Trinajstić information content (AvgIpc) is 3.08. The van der Waals surface area contributed by atoms with E-state index in [9.17, 15) is 9.59 Å². The SMILES string of the molecule is CCOc1ccc(N2C[C@H](NC(=O)Nc3ccc(OC)c(OC)c3)CC2=O)cc1. The number of ether oxygens (including phenoxy) is 3. The van der Waals surface area contributed by atoms with Crippen molar-refractivity contribution in [2.45, 2.75) is 19.4 Å². The van der Waals surface area contributed by atoms with Crippen molar-refractivity contribution in [3.8, 4) is 17.2 Å². The fourth-order valence-corrected chi connectivity index (χ4v) is 3.21. The molecule has 1 heterocycles. The number of rotatable bonds is 7. The molecule has 0 spiro atoms. The number of hydrogen-bond donors (Lipinski definition) is 2. The highest BCUT2D eigenvalue weighted by Crippen LogP contribution is 2.30. The summed E-state index contributed by atoms with van der Waals surface area (Å²) in [6.45, 7) is 2.91. The van der Waals surface area contributed by atoms with Crippen LogP contribution in [0.2, 0.25) is 0 Å². The highest BCUT2D eigenvalue weighted by Gasteiger charge is 2.31. The number of carbonyl (C=O) groups is 2. The Bertz CT molecular complexity index is 869. The van der Waals surface area contributed by atoms with E-state index in [0.29, 0.717) is 30.3 Å². The molecule has 2 aromatic rings. The third kappa shape index (κ3) is 4.90. The summed E-state index contributed by atoms with van der Waals surface area (Å²) in [6, 6.07) is 11.8. The van der Waals surface area contributed by atoms with E-state index >= 15 is 0 Å². The molecule has 0 unspecified atom stereocenters. The van der Waals surface area contributed by atoms with Gasteiger partial charge >= 0.3 is 6.03 Å². The third-order valence-electron chi connectivity index (χ3n) is 4.56. The molecular weight excluding hydrogens is 374 g/mol. The van der Waals surface area contributed by atoms with Gasteiger partial charge in [-0.05, 0) is 43.3 Å². The molecule has 0 aromatic heterocycles. The molecule has 1 aliphatic heterocycles. The van der Waals surface area contributed by atoms with E-state index in [2.05, 4.69) is 10.6 Å². The smallest absolute Gasteiger partial charge is 0.319 e. The first kappa shape index (κ1) is 20.3. The van der Waals surface area contributed by atoms with Crippen LogP contribution in [0.5, 0.6) is 17.2 Å². The minimum atomic E-state index is -0.386. The first-order chi connectivity index (χ1) is 14.0. The fourth-order valence-electron chi connectivity index (χ4n) is 3.21. The molecule has 1 aliphatic rings. The molecule has 8 heteroatoms. The molecule has 154 valence electrons. The number of benzene rings is 2. The fraction of sp³-hybridized carbons (Fsp3) is 0.333. The van der Waals surface area contributed by atoms with Crippen LogP contribution in [0.3, 0.4) is 0 Å². The highest BCUT2D eigenvalue weighted by molar-refractivity contribution is 5.97. The average molecular weight is 399 g/mol. The number of anilines is 2. The summed E-state index contributed by atoms with van der Waals surface area (Å²) in [4.78, 5) is 26.4. The van der Waals surface area contributed by atoms with Crippen LogP contribution in [0.4, 0.5) is 16.2 Å². The van der Waals surface area contributed by atoms with Gasteiger partial charge < -0.3 is 29.7 Å². The first-order valence-corrected chi connectivity index (χ1v) is 9.36. The van der Waals surface area contributed by atoms with Gasteiger partial charge in [-0.3, -0.25) is 4.79 Å².